The van der Waals surface area contributed by atoms with Crippen LogP contribution in [-0.2, 0) is 0 Å². The summed E-state index contributed by atoms with van der Waals surface area (Å²) in [4.78, 5) is 25.2. The molecule has 0 radical (unpaired) electrons. The van der Waals surface area contributed by atoms with E-state index in [1.807, 2.05) is 30.3 Å². The van der Waals surface area contributed by atoms with E-state index in [9.17, 15) is 9.59 Å². The Morgan fingerprint density at radius 3 is 2.16 bits per heavy atom. The molecule has 0 heterocycles. The van der Waals surface area contributed by atoms with Gasteiger partial charge in [0.2, 0.25) is 0 Å². The Morgan fingerprint density at radius 1 is 0.839 bits per heavy atom. The van der Waals surface area contributed by atoms with Gasteiger partial charge in [-0.25, -0.2) is 0 Å². The van der Waals surface area contributed by atoms with E-state index < -0.39 is 0 Å². The Balaban J connectivity index is 1.64. The number of carbonyl (C=O) groups is 2. The average molecular weight is 481 g/mol. The molecule has 160 valence electrons. The van der Waals surface area contributed by atoms with E-state index >= 15 is 0 Å². The minimum absolute atomic E-state index is 0.243. The van der Waals surface area contributed by atoms with Crippen LogP contribution < -0.4 is 15.4 Å². The third-order valence-electron chi connectivity index (χ3n) is 4.56. The molecule has 0 bridgehead atoms. The van der Waals surface area contributed by atoms with Gasteiger partial charge >= 0.3 is 0 Å². The number of hydrogen-bond donors (Lipinski definition) is 2. The number of benzene rings is 3. The van der Waals surface area contributed by atoms with Gasteiger partial charge in [0.1, 0.15) is 5.75 Å². The highest BCUT2D eigenvalue weighted by Crippen LogP contribution is 2.27. The molecule has 0 atom stereocenters. The molecule has 0 aliphatic rings. The van der Waals surface area contributed by atoms with Crippen LogP contribution in [0.3, 0.4) is 0 Å². The molecule has 6 heteroatoms. The van der Waals surface area contributed by atoms with Gasteiger partial charge in [0.15, 0.2) is 0 Å². The van der Waals surface area contributed by atoms with Crippen molar-refractivity contribution in [3.63, 3.8) is 0 Å². The molecule has 2 N–H and O–H groups in total. The SMILES string of the molecule is CC(C)CCOc1ccc(C(=O)Nc2cccc(C(=O)Nc3ccccc3)c2)cc1Br. The molecule has 2 amide bonds. The van der Waals surface area contributed by atoms with Crippen LogP contribution >= 0.6 is 15.9 Å². The van der Waals surface area contributed by atoms with Crippen LogP contribution in [0.4, 0.5) is 11.4 Å². The van der Waals surface area contributed by atoms with Gasteiger partial charge in [0, 0.05) is 22.5 Å². The number of para-hydroxylation sites is 1. The van der Waals surface area contributed by atoms with Crippen LogP contribution in [0.15, 0.2) is 77.3 Å². The number of rotatable bonds is 8. The molecule has 0 fully saturated rings. The lowest BCUT2D eigenvalue weighted by atomic mass is 10.1. The maximum absolute atomic E-state index is 12.7. The summed E-state index contributed by atoms with van der Waals surface area (Å²) in [5, 5.41) is 5.68. The van der Waals surface area contributed by atoms with Gasteiger partial charge < -0.3 is 15.4 Å². The Morgan fingerprint density at radius 2 is 1.48 bits per heavy atom. The smallest absolute Gasteiger partial charge is 0.255 e. The van der Waals surface area contributed by atoms with Crippen molar-refractivity contribution >= 4 is 39.1 Å². The summed E-state index contributed by atoms with van der Waals surface area (Å²) in [6.07, 6.45) is 0.961. The molecule has 0 saturated heterocycles. The summed E-state index contributed by atoms with van der Waals surface area (Å²) >= 11 is 3.47. The second kappa shape index (κ2) is 10.8. The van der Waals surface area contributed by atoms with Gasteiger partial charge in [-0.3, -0.25) is 9.59 Å². The topological polar surface area (TPSA) is 67.4 Å². The highest BCUT2D eigenvalue weighted by Gasteiger charge is 2.12. The third kappa shape index (κ3) is 6.69. The van der Waals surface area contributed by atoms with Gasteiger partial charge in [0.25, 0.3) is 11.8 Å². The van der Waals surface area contributed by atoms with E-state index in [4.69, 9.17) is 4.74 Å². The van der Waals surface area contributed by atoms with E-state index in [1.54, 1.807) is 42.5 Å². The Bertz CT molecular complexity index is 1050. The van der Waals surface area contributed by atoms with E-state index in [2.05, 4.69) is 40.4 Å². The fourth-order valence-corrected chi connectivity index (χ4v) is 3.32. The number of carbonyl (C=O) groups excluding carboxylic acids is 2. The normalized spacial score (nSPS) is 10.6. The first-order valence-electron chi connectivity index (χ1n) is 10.1. The highest BCUT2D eigenvalue weighted by molar-refractivity contribution is 9.10. The van der Waals surface area contributed by atoms with E-state index in [0.717, 1.165) is 10.9 Å². The lowest BCUT2D eigenvalue weighted by molar-refractivity contribution is 0.101. The Labute approximate surface area is 191 Å². The number of anilines is 2. The average Bonchev–Trinajstić information content (AvgIpc) is 2.75. The minimum Gasteiger partial charge on any atom is -0.492 e. The van der Waals surface area contributed by atoms with Crippen molar-refractivity contribution in [1.29, 1.82) is 0 Å². The molecule has 0 aliphatic heterocycles. The second-order valence-electron chi connectivity index (χ2n) is 7.53. The standard InChI is InChI=1S/C25H25BrN2O3/c1-17(2)13-14-31-23-12-11-19(16-22(23)26)25(30)28-21-10-6-7-18(15-21)24(29)27-20-8-4-3-5-9-20/h3-12,15-17H,13-14H2,1-2H3,(H,27,29)(H,28,30). The van der Waals surface area contributed by atoms with Crippen molar-refractivity contribution in [3.8, 4) is 5.75 Å². The fraction of sp³-hybridized carbons (Fsp3) is 0.200. The van der Waals surface area contributed by atoms with E-state index in [0.29, 0.717) is 40.8 Å². The molecule has 31 heavy (non-hydrogen) atoms. The van der Waals surface area contributed by atoms with Crippen molar-refractivity contribution in [2.75, 3.05) is 17.2 Å². The lowest BCUT2D eigenvalue weighted by Gasteiger charge is -2.12. The molecule has 0 saturated carbocycles. The number of amides is 2. The Hall–Kier alpha value is -3.12. The zero-order valence-electron chi connectivity index (χ0n) is 17.5. The largest absolute Gasteiger partial charge is 0.492 e. The summed E-state index contributed by atoms with van der Waals surface area (Å²) in [6, 6.07) is 21.3. The van der Waals surface area contributed by atoms with Gasteiger partial charge in [-0.05, 0) is 76.8 Å². The molecule has 0 aromatic heterocycles. The van der Waals surface area contributed by atoms with Crippen LogP contribution in [0.1, 0.15) is 41.0 Å². The van der Waals surface area contributed by atoms with E-state index in [-0.39, 0.29) is 11.8 Å². The van der Waals surface area contributed by atoms with Crippen molar-refractivity contribution in [2.24, 2.45) is 5.92 Å². The van der Waals surface area contributed by atoms with Crippen LogP contribution in [-0.4, -0.2) is 18.4 Å². The number of halogens is 1. The number of nitrogens with one attached hydrogen (secondary N) is 2. The molecule has 0 unspecified atom stereocenters. The summed E-state index contributed by atoms with van der Waals surface area (Å²) in [5.41, 5.74) is 2.19. The molecule has 3 aromatic rings. The summed E-state index contributed by atoms with van der Waals surface area (Å²) in [5.74, 6) is 0.758. The summed E-state index contributed by atoms with van der Waals surface area (Å²) in [7, 11) is 0. The van der Waals surface area contributed by atoms with Crippen molar-refractivity contribution in [2.45, 2.75) is 20.3 Å². The number of ether oxygens (including phenoxy) is 1. The monoisotopic (exact) mass is 480 g/mol. The van der Waals surface area contributed by atoms with E-state index in [1.165, 1.54) is 0 Å². The third-order valence-corrected chi connectivity index (χ3v) is 5.18. The van der Waals surface area contributed by atoms with Crippen molar-refractivity contribution in [3.05, 3.63) is 88.4 Å². The molecule has 5 nitrogen and oxygen atoms in total. The quantitative estimate of drug-likeness (QED) is 0.393. The summed E-state index contributed by atoms with van der Waals surface area (Å²) < 4.78 is 6.49. The fourth-order valence-electron chi connectivity index (χ4n) is 2.83. The van der Waals surface area contributed by atoms with Crippen LogP contribution in [0.25, 0.3) is 0 Å². The first kappa shape index (κ1) is 22.6. The van der Waals surface area contributed by atoms with Crippen molar-refractivity contribution in [1.82, 2.24) is 0 Å². The Kier molecular flexibility index (Phi) is 7.84. The van der Waals surface area contributed by atoms with Gasteiger partial charge in [0.05, 0.1) is 11.1 Å². The van der Waals surface area contributed by atoms with Crippen molar-refractivity contribution < 1.29 is 14.3 Å². The predicted octanol–water partition coefficient (Wildman–Crippen LogP) is 6.38. The molecule has 3 rings (SSSR count). The number of hydrogen-bond acceptors (Lipinski definition) is 3. The van der Waals surface area contributed by atoms with Gasteiger partial charge in [-0.15, -0.1) is 0 Å². The second-order valence-corrected chi connectivity index (χ2v) is 8.39. The molecule has 0 aliphatic carbocycles. The van der Waals surface area contributed by atoms with Gasteiger partial charge in [-0.2, -0.15) is 0 Å². The van der Waals surface area contributed by atoms with Crippen LogP contribution in [0.2, 0.25) is 0 Å². The van der Waals surface area contributed by atoms with Crippen LogP contribution in [0, 0.1) is 5.92 Å². The maximum Gasteiger partial charge on any atom is 0.255 e. The van der Waals surface area contributed by atoms with Gasteiger partial charge in [-0.1, -0.05) is 38.1 Å². The first-order valence-corrected chi connectivity index (χ1v) is 10.9. The molecule has 0 spiro atoms. The molecule has 3 aromatic carbocycles. The molecular weight excluding hydrogens is 456 g/mol. The zero-order chi connectivity index (χ0) is 22.2. The minimum atomic E-state index is -0.268. The lowest BCUT2D eigenvalue weighted by Crippen LogP contribution is -2.14. The highest BCUT2D eigenvalue weighted by atomic mass is 79.9. The zero-order valence-corrected chi connectivity index (χ0v) is 19.1. The predicted molar refractivity (Wildman–Crippen MR) is 128 cm³/mol. The summed E-state index contributed by atoms with van der Waals surface area (Å²) in [6.45, 7) is 4.91. The molecular formula is C25H25BrN2O3. The van der Waals surface area contributed by atoms with Crippen LogP contribution in [0.5, 0.6) is 5.75 Å². The first-order chi connectivity index (χ1) is 14.9. The maximum atomic E-state index is 12.7.